The third kappa shape index (κ3) is 8.00. The van der Waals surface area contributed by atoms with Crippen LogP contribution in [0.3, 0.4) is 0 Å². The van der Waals surface area contributed by atoms with E-state index in [4.69, 9.17) is 5.48 Å². The Labute approximate surface area is 532 Å². The highest BCUT2D eigenvalue weighted by Crippen LogP contribution is 2.48. The van der Waals surface area contributed by atoms with E-state index in [0.717, 1.165) is 116 Å². The minimum absolute atomic E-state index is 0.0268. The highest BCUT2D eigenvalue weighted by atomic mass is 15.2. The van der Waals surface area contributed by atoms with Crippen molar-refractivity contribution < 1.29 is 11.0 Å². The largest absolute Gasteiger partial charge is 0.311 e. The van der Waals surface area contributed by atoms with Crippen molar-refractivity contribution in [2.75, 3.05) is 4.90 Å². The molecule has 3 aromatic heterocycles. The van der Waals surface area contributed by atoms with E-state index >= 15 is 0 Å². The van der Waals surface area contributed by atoms with Crippen LogP contribution in [0.1, 0.15) is 90.0 Å². The molecule has 15 aromatic rings. The molecule has 0 saturated carbocycles. The summed E-state index contributed by atoms with van der Waals surface area (Å²) in [5.41, 5.74) is 17.9. The molecule has 2 aliphatic rings. The van der Waals surface area contributed by atoms with Crippen molar-refractivity contribution in [3.63, 3.8) is 0 Å². The van der Waals surface area contributed by atoms with Crippen molar-refractivity contribution in [2.45, 2.75) is 78.6 Å². The molecule has 5 heteroatoms. The lowest BCUT2D eigenvalue weighted by Gasteiger charge is -2.41. The van der Waals surface area contributed by atoms with E-state index in [1.807, 2.05) is 12.1 Å². The minimum atomic E-state index is -0.486. The number of para-hydroxylation sites is 3. The first-order valence-electron chi connectivity index (χ1n) is 35.0. The number of anilines is 3. The molecule has 17 rings (SSSR count). The van der Waals surface area contributed by atoms with Crippen LogP contribution in [0.25, 0.3) is 115 Å². The number of fused-ring (bicyclic) bond motifs is 18. The summed E-state index contributed by atoms with van der Waals surface area (Å²) in [4.78, 5) is 2.38. The van der Waals surface area contributed by atoms with Crippen molar-refractivity contribution in [2.24, 2.45) is 0 Å². The third-order valence-corrected chi connectivity index (χ3v) is 19.2. The van der Waals surface area contributed by atoms with Crippen molar-refractivity contribution in [3.05, 3.63) is 271 Å². The van der Waals surface area contributed by atoms with Crippen LogP contribution in [0.5, 0.6) is 0 Å². The summed E-state index contributed by atoms with van der Waals surface area (Å²) >= 11 is 0. The summed E-state index contributed by atoms with van der Waals surface area (Å²) in [5, 5.41) is 9.03. The number of rotatable bonds is 4. The number of hydrogen-bond acceptors (Lipinski definition) is 1. The van der Waals surface area contributed by atoms with Gasteiger partial charge >= 0.3 is 0 Å². The van der Waals surface area contributed by atoms with Gasteiger partial charge in [-0.05, 0) is 161 Å². The molecule has 0 aliphatic carbocycles. The molecule has 0 fully saturated rings. The Morgan fingerprint density at radius 2 is 0.764 bits per heavy atom. The Morgan fingerprint density at radius 3 is 1.35 bits per heavy atom. The van der Waals surface area contributed by atoms with E-state index < -0.39 is 30.9 Å². The van der Waals surface area contributed by atoms with E-state index in [0.29, 0.717) is 5.69 Å². The smallest absolute Gasteiger partial charge is 0.252 e. The first kappa shape index (κ1) is 45.2. The molecule has 0 saturated heterocycles. The summed E-state index contributed by atoms with van der Waals surface area (Å²) < 4.78 is 80.9. The van der Waals surface area contributed by atoms with Crippen molar-refractivity contribution in [1.82, 2.24) is 13.7 Å². The Hall–Kier alpha value is -10.1. The monoisotopic (exact) mass is 1150 g/mol. The van der Waals surface area contributed by atoms with E-state index in [9.17, 15) is 5.48 Å². The van der Waals surface area contributed by atoms with Crippen LogP contribution in [0, 0.1) is 0 Å². The zero-order valence-electron chi connectivity index (χ0n) is 59.5. The number of aromatic nitrogens is 3. The van der Waals surface area contributed by atoms with Gasteiger partial charge in [0.05, 0.1) is 49.8 Å². The maximum absolute atomic E-state index is 9.66. The fraction of sp³-hybridized carbons (Fsp3) is 0.143. The highest BCUT2D eigenvalue weighted by Gasteiger charge is 2.43. The third-order valence-electron chi connectivity index (χ3n) is 19.2. The second-order valence-corrected chi connectivity index (χ2v) is 27.5. The average Bonchev–Trinajstić information content (AvgIpc) is 1.48. The highest BCUT2D eigenvalue weighted by molar-refractivity contribution is 7.00. The van der Waals surface area contributed by atoms with Gasteiger partial charge < -0.3 is 18.6 Å². The fourth-order valence-electron chi connectivity index (χ4n) is 14.8. The molecule has 5 heterocycles. The zero-order valence-corrected chi connectivity index (χ0v) is 51.5. The predicted octanol–water partition coefficient (Wildman–Crippen LogP) is 20.6. The van der Waals surface area contributed by atoms with E-state index in [-0.39, 0.29) is 62.2 Å². The van der Waals surface area contributed by atoms with Crippen molar-refractivity contribution in [3.8, 4) is 28.2 Å². The standard InChI is InChI=1S/C84H69BN4/c1-82(2,3)53-35-43-74(66(47-53)52-23-11-10-12-24-52)88-77-46-40-65-61-28-16-14-26-59(61)58-25-13-15-27-60(58)62-29-17-22-34-73(62)89-79-51-57(87-75-44-36-54(83(4,5)6)48-67(75)68-49-55(84(7,8)9)37-45-76(68)87)39-42-70(79)85(80(77)81(65)89)69-41-38-56(50-78(69)88)86-71-32-20-18-30-63(71)64-31-19-21-33-72(64)86/h10-51H,1-9H3/i18D,19D,20D,21D,30D,31D,32D,33D. The number of nitrogens with zero attached hydrogens (tertiary/aromatic N) is 4. The second-order valence-electron chi connectivity index (χ2n) is 27.5. The van der Waals surface area contributed by atoms with Gasteiger partial charge in [0.2, 0.25) is 0 Å². The molecule has 0 radical (unpaired) electrons. The molecular weight excluding hydrogens is 1080 g/mol. The zero-order chi connectivity index (χ0) is 67.4. The molecule has 0 unspecified atom stereocenters. The van der Waals surface area contributed by atoms with Gasteiger partial charge in [-0.25, -0.2) is 0 Å². The van der Waals surface area contributed by atoms with Gasteiger partial charge in [0.1, 0.15) is 0 Å². The SMILES string of the molecule is [2H]c1c([2H])c([2H])c2c(c1[2H])c1c([2H])c([2H])c([2H])c([2H])c1n2-c1ccc2c(c1)N(c1ccc(C(C)(C)C)cc1-c1ccccc1)c1ccc3c4ccccc4c4ccccc4c4ccccc4n4c3c1B2c1ccc(-n2c3ccc(C(C)(C)C)cc3c3cc(C(C)(C)C)ccc32)cc1-4. The summed E-state index contributed by atoms with van der Waals surface area (Å²) in [6.45, 7) is 19.9. The molecule has 12 aromatic carbocycles. The Morgan fingerprint density at radius 1 is 0.315 bits per heavy atom. The van der Waals surface area contributed by atoms with Crippen LogP contribution >= 0.6 is 0 Å². The summed E-state index contributed by atoms with van der Waals surface area (Å²) in [5.74, 6) is 0. The number of hydrogen-bond donors (Lipinski definition) is 0. The number of benzene rings is 12. The summed E-state index contributed by atoms with van der Waals surface area (Å²) in [6, 6.07) is 72.2. The van der Waals surface area contributed by atoms with Crippen LogP contribution in [0.15, 0.2) is 255 Å². The van der Waals surface area contributed by atoms with Crippen molar-refractivity contribution in [1.29, 1.82) is 0 Å². The summed E-state index contributed by atoms with van der Waals surface area (Å²) in [7, 11) is 0. The van der Waals surface area contributed by atoms with Crippen molar-refractivity contribution >= 4 is 127 Å². The molecule has 0 amide bonds. The first-order chi connectivity index (χ1) is 46.4. The lowest BCUT2D eigenvalue weighted by atomic mass is 9.33. The maximum atomic E-state index is 9.66. The summed E-state index contributed by atoms with van der Waals surface area (Å²) in [6.07, 6.45) is 0. The fourth-order valence-corrected chi connectivity index (χ4v) is 14.8. The van der Waals surface area contributed by atoms with E-state index in [2.05, 4.69) is 270 Å². The van der Waals surface area contributed by atoms with Crippen LogP contribution in [0.4, 0.5) is 17.1 Å². The van der Waals surface area contributed by atoms with Gasteiger partial charge in [-0.15, -0.1) is 0 Å². The van der Waals surface area contributed by atoms with Gasteiger partial charge in [-0.2, -0.15) is 0 Å². The van der Waals surface area contributed by atoms with Gasteiger partial charge in [0.25, 0.3) is 6.71 Å². The maximum Gasteiger partial charge on any atom is 0.252 e. The predicted molar refractivity (Wildman–Crippen MR) is 383 cm³/mol. The van der Waals surface area contributed by atoms with E-state index in [1.54, 1.807) is 4.57 Å². The molecule has 0 atom stereocenters. The van der Waals surface area contributed by atoms with Gasteiger partial charge in [-0.3, -0.25) is 0 Å². The molecule has 4 nitrogen and oxygen atoms in total. The molecule has 0 N–H and O–H groups in total. The average molecular weight is 1150 g/mol. The van der Waals surface area contributed by atoms with Gasteiger partial charge in [0, 0.05) is 66.3 Å². The molecule has 2 aliphatic heterocycles. The van der Waals surface area contributed by atoms with Crippen LogP contribution in [0.2, 0.25) is 0 Å². The van der Waals surface area contributed by atoms with Gasteiger partial charge in [0.15, 0.2) is 0 Å². The van der Waals surface area contributed by atoms with Crippen LogP contribution in [-0.2, 0) is 16.2 Å². The molecule has 428 valence electrons. The van der Waals surface area contributed by atoms with Crippen LogP contribution < -0.4 is 21.3 Å². The molecule has 0 spiro atoms. The van der Waals surface area contributed by atoms with Gasteiger partial charge in [-0.1, -0.05) is 232 Å². The van der Waals surface area contributed by atoms with Crippen LogP contribution in [-0.4, -0.2) is 20.4 Å². The molecular formula is C84H69BN4. The lowest BCUT2D eigenvalue weighted by Crippen LogP contribution is -2.60. The quantitative estimate of drug-likeness (QED) is 0.161. The Balaban J connectivity index is 1.07. The second kappa shape index (κ2) is 19.2. The normalized spacial score (nSPS) is 14.4. The molecule has 0 bridgehead atoms. The Kier molecular flexibility index (Phi) is 9.76. The topological polar surface area (TPSA) is 18.0 Å². The lowest BCUT2D eigenvalue weighted by molar-refractivity contribution is 0.590. The Bertz CT molecular complexity index is 5930. The van der Waals surface area contributed by atoms with E-state index in [1.165, 1.54) is 21.9 Å². The first-order valence-corrected chi connectivity index (χ1v) is 31.0. The minimum Gasteiger partial charge on any atom is -0.311 e. The molecule has 89 heavy (non-hydrogen) atoms.